The highest BCUT2D eigenvalue weighted by molar-refractivity contribution is 9.09. The predicted molar refractivity (Wildman–Crippen MR) is 158 cm³/mol. The van der Waals surface area contributed by atoms with Gasteiger partial charge >= 0.3 is 5.97 Å². The van der Waals surface area contributed by atoms with Gasteiger partial charge in [-0.25, -0.2) is 4.68 Å². The minimum Gasteiger partial charge on any atom is -0.465 e. The summed E-state index contributed by atoms with van der Waals surface area (Å²) in [5.41, 5.74) is 0.169. The second kappa shape index (κ2) is 12.3. The van der Waals surface area contributed by atoms with Crippen LogP contribution in [0.15, 0.2) is 49.6 Å². The Kier molecular flexibility index (Phi) is 8.86. The van der Waals surface area contributed by atoms with Gasteiger partial charge in [0.1, 0.15) is 23.8 Å². The second-order valence-corrected chi connectivity index (χ2v) is 12.9. The minimum absolute atomic E-state index is 0.0623. The molecule has 0 radical (unpaired) electrons. The number of esters is 1. The van der Waals surface area contributed by atoms with Gasteiger partial charge in [-0.15, -0.1) is 18.3 Å². The van der Waals surface area contributed by atoms with Crippen LogP contribution in [0.4, 0.5) is 0 Å². The number of aliphatic hydroxyl groups is 1. The second-order valence-electron chi connectivity index (χ2n) is 11.7. The molecule has 0 saturated carbocycles. The minimum atomic E-state index is -1.27. The number of benzene rings is 1. The molecule has 42 heavy (non-hydrogen) atoms. The van der Waals surface area contributed by atoms with E-state index in [9.17, 15) is 19.5 Å². The van der Waals surface area contributed by atoms with Crippen molar-refractivity contribution in [3.05, 3.63) is 49.6 Å². The summed E-state index contributed by atoms with van der Waals surface area (Å²) in [6.07, 6.45) is 3.95. The summed E-state index contributed by atoms with van der Waals surface area (Å²) in [5.74, 6) is -2.93. The topological polar surface area (TPSA) is 127 Å². The number of hydrogen-bond acceptors (Lipinski definition) is 8. The number of halogens is 1. The maximum atomic E-state index is 14.7. The van der Waals surface area contributed by atoms with Gasteiger partial charge in [-0.2, -0.15) is 0 Å². The molecule has 2 aromatic rings. The van der Waals surface area contributed by atoms with Crippen LogP contribution in [0, 0.1) is 17.8 Å². The molecule has 0 aliphatic carbocycles. The van der Waals surface area contributed by atoms with Crippen LogP contribution in [0.5, 0.6) is 0 Å². The standard InChI is InChI=1S/C30H38BrN5O6/c1-5-7-13-41-29(40)23-24-27(38)36(19(16-37)14-18(3)4)26(30(24)15-20(31)25(23)42-30)28(39)34(12-6-2)17-35-22-11-9-8-10-21(22)32-33-35/h5-6,8-11,18-20,23-26,37H,1-2,7,12-17H2,3-4H3/t19-,20?,23-,24+,25-,26?,30?/m1/s1. The Hall–Kier alpha value is -3.09. The molecule has 2 amide bonds. The number of amides is 2. The van der Waals surface area contributed by atoms with Crippen molar-refractivity contribution in [2.75, 3.05) is 19.8 Å². The fourth-order valence-corrected chi connectivity index (χ4v) is 7.84. The Bertz CT molecular complexity index is 1360. The van der Waals surface area contributed by atoms with Crippen molar-refractivity contribution in [1.29, 1.82) is 0 Å². The van der Waals surface area contributed by atoms with Crippen LogP contribution in [0.1, 0.15) is 33.1 Å². The summed E-state index contributed by atoms with van der Waals surface area (Å²) in [6.45, 7) is 11.6. The molecule has 226 valence electrons. The molecular formula is C30H38BrN5O6. The molecule has 3 fully saturated rings. The van der Waals surface area contributed by atoms with E-state index in [1.54, 1.807) is 21.7 Å². The third-order valence-electron chi connectivity index (χ3n) is 8.53. The van der Waals surface area contributed by atoms with E-state index in [1.807, 2.05) is 38.1 Å². The largest absolute Gasteiger partial charge is 0.465 e. The fourth-order valence-electron chi connectivity index (χ4n) is 6.90. The van der Waals surface area contributed by atoms with Crippen molar-refractivity contribution in [3.8, 4) is 0 Å². The Morgan fingerprint density at radius 3 is 2.76 bits per heavy atom. The first-order valence-corrected chi connectivity index (χ1v) is 15.3. The number of rotatable bonds is 13. The van der Waals surface area contributed by atoms with Gasteiger partial charge in [0.15, 0.2) is 0 Å². The molecule has 2 bridgehead atoms. The number of fused-ring (bicyclic) bond motifs is 2. The number of likely N-dealkylation sites (tertiary alicyclic amines) is 1. The number of nitrogens with zero attached hydrogens (tertiary/aromatic N) is 5. The van der Waals surface area contributed by atoms with Gasteiger partial charge < -0.3 is 24.4 Å². The molecule has 1 aromatic heterocycles. The summed E-state index contributed by atoms with van der Waals surface area (Å²) in [4.78, 5) is 45.3. The Morgan fingerprint density at radius 1 is 1.31 bits per heavy atom. The first-order valence-electron chi connectivity index (χ1n) is 14.4. The van der Waals surface area contributed by atoms with Crippen LogP contribution < -0.4 is 0 Å². The maximum Gasteiger partial charge on any atom is 0.312 e. The van der Waals surface area contributed by atoms with Crippen LogP contribution in [-0.2, 0) is 30.5 Å². The van der Waals surface area contributed by atoms with Crippen LogP contribution in [0.2, 0.25) is 0 Å². The van der Waals surface area contributed by atoms with Gasteiger partial charge in [-0.3, -0.25) is 14.4 Å². The van der Waals surface area contributed by atoms with Gasteiger partial charge in [0.2, 0.25) is 11.8 Å². The van der Waals surface area contributed by atoms with Gasteiger partial charge in [-0.1, -0.05) is 59.3 Å². The summed E-state index contributed by atoms with van der Waals surface area (Å²) in [7, 11) is 0. The number of aliphatic hydroxyl groups excluding tert-OH is 1. The lowest BCUT2D eigenvalue weighted by molar-refractivity contribution is -0.157. The number of carbonyl (C=O) groups is 3. The number of hydrogen-bond donors (Lipinski definition) is 1. The third kappa shape index (κ3) is 5.07. The Labute approximate surface area is 253 Å². The van der Waals surface area contributed by atoms with E-state index in [0.29, 0.717) is 24.8 Å². The monoisotopic (exact) mass is 643 g/mol. The highest BCUT2D eigenvalue weighted by atomic mass is 79.9. The van der Waals surface area contributed by atoms with Crippen LogP contribution >= 0.6 is 15.9 Å². The first kappa shape index (κ1) is 30.4. The third-order valence-corrected chi connectivity index (χ3v) is 9.38. The van der Waals surface area contributed by atoms with Crippen molar-refractivity contribution in [3.63, 3.8) is 0 Å². The highest BCUT2D eigenvalue weighted by Crippen LogP contribution is 2.60. The highest BCUT2D eigenvalue weighted by Gasteiger charge is 2.77. The van der Waals surface area contributed by atoms with Gasteiger partial charge in [0.25, 0.3) is 0 Å². The lowest BCUT2D eigenvalue weighted by Gasteiger charge is -2.39. The maximum absolute atomic E-state index is 14.7. The summed E-state index contributed by atoms with van der Waals surface area (Å²) < 4.78 is 13.8. The summed E-state index contributed by atoms with van der Waals surface area (Å²) >= 11 is 3.68. The molecule has 1 N–H and O–H groups in total. The summed E-state index contributed by atoms with van der Waals surface area (Å²) in [5, 5.41) is 19.0. The molecule has 1 aromatic carbocycles. The molecule has 3 unspecified atom stereocenters. The van der Waals surface area contributed by atoms with E-state index < -0.39 is 41.6 Å². The fraction of sp³-hybridized carbons (Fsp3) is 0.567. The molecule has 3 saturated heterocycles. The zero-order chi connectivity index (χ0) is 30.2. The zero-order valence-corrected chi connectivity index (χ0v) is 25.6. The van der Waals surface area contributed by atoms with E-state index in [4.69, 9.17) is 9.47 Å². The van der Waals surface area contributed by atoms with Crippen LogP contribution in [0.25, 0.3) is 11.0 Å². The molecule has 1 spiro atoms. The molecule has 3 aliphatic heterocycles. The van der Waals surface area contributed by atoms with Gasteiger partial charge in [0, 0.05) is 11.4 Å². The van der Waals surface area contributed by atoms with Crippen molar-refractivity contribution < 1.29 is 29.0 Å². The molecule has 7 atom stereocenters. The predicted octanol–water partition coefficient (Wildman–Crippen LogP) is 2.68. The molecule has 5 rings (SSSR count). The lowest BCUT2D eigenvalue weighted by Crippen LogP contribution is -2.59. The van der Waals surface area contributed by atoms with E-state index in [-0.39, 0.29) is 49.0 Å². The molecule has 4 heterocycles. The lowest BCUT2D eigenvalue weighted by atomic mass is 9.70. The number of carbonyl (C=O) groups excluding carboxylic acids is 3. The van der Waals surface area contributed by atoms with Crippen molar-refractivity contribution >= 4 is 44.7 Å². The summed E-state index contributed by atoms with van der Waals surface area (Å²) in [6, 6.07) is 5.73. The number of alkyl halides is 1. The van der Waals surface area contributed by atoms with Crippen LogP contribution in [0.3, 0.4) is 0 Å². The average molecular weight is 645 g/mol. The zero-order valence-electron chi connectivity index (χ0n) is 24.0. The number of para-hydroxylation sites is 1. The Balaban J connectivity index is 1.56. The molecule has 3 aliphatic rings. The normalized spacial score (nSPS) is 28.7. The first-order chi connectivity index (χ1) is 20.2. The molecule has 11 nitrogen and oxygen atoms in total. The van der Waals surface area contributed by atoms with Gasteiger partial charge in [-0.05, 0) is 37.3 Å². The van der Waals surface area contributed by atoms with Crippen molar-refractivity contribution in [1.82, 2.24) is 24.8 Å². The molecular weight excluding hydrogens is 606 g/mol. The number of ether oxygens (including phenoxy) is 2. The smallest absolute Gasteiger partial charge is 0.312 e. The quantitative estimate of drug-likeness (QED) is 0.153. The Morgan fingerprint density at radius 2 is 2.07 bits per heavy atom. The van der Waals surface area contributed by atoms with Crippen LogP contribution in [-0.4, -0.2) is 96.1 Å². The van der Waals surface area contributed by atoms with E-state index in [2.05, 4.69) is 39.4 Å². The SMILES string of the molecule is C=CCCOC(=O)[C@H]1[C@@H]2OC3(CC2Br)C(C(=O)N(CC=C)Cn2nnc4ccccc42)N([C@@H](CO)CC(C)C)C(=O)[C@H]13. The average Bonchev–Trinajstić information content (AvgIpc) is 3.68. The van der Waals surface area contributed by atoms with E-state index >= 15 is 0 Å². The number of aromatic nitrogens is 3. The van der Waals surface area contributed by atoms with Crippen molar-refractivity contribution in [2.24, 2.45) is 17.8 Å². The van der Waals surface area contributed by atoms with Crippen molar-refractivity contribution in [2.45, 2.75) is 68.4 Å². The molecule has 12 heteroatoms. The van der Waals surface area contributed by atoms with Gasteiger partial charge in [0.05, 0.1) is 42.7 Å². The van der Waals surface area contributed by atoms with E-state index in [1.165, 1.54) is 4.90 Å². The van der Waals surface area contributed by atoms with E-state index in [0.717, 1.165) is 5.52 Å².